The molecule has 1 saturated carbocycles. The van der Waals surface area contributed by atoms with Crippen LogP contribution in [0.5, 0.6) is 0 Å². The number of carbonyl (C=O) groups is 1. The lowest BCUT2D eigenvalue weighted by molar-refractivity contribution is -0.137. The van der Waals surface area contributed by atoms with Crippen molar-refractivity contribution in [2.24, 2.45) is 11.7 Å². The van der Waals surface area contributed by atoms with E-state index in [1.54, 1.807) is 11.3 Å². The van der Waals surface area contributed by atoms with Gasteiger partial charge in [0.25, 0.3) is 0 Å². The molecule has 1 amide bonds. The molecule has 0 spiro atoms. The van der Waals surface area contributed by atoms with Crippen molar-refractivity contribution in [3.8, 4) is 10.6 Å². The molecule has 3 unspecified atom stereocenters. The van der Waals surface area contributed by atoms with E-state index in [9.17, 15) is 4.79 Å². The van der Waals surface area contributed by atoms with Gasteiger partial charge < -0.3 is 10.6 Å². The molecule has 0 bridgehead atoms. The highest BCUT2D eigenvalue weighted by atomic mass is 35.5. The molecule has 2 aromatic rings. The molecule has 1 fully saturated rings. The number of aromatic nitrogens is 1. The van der Waals surface area contributed by atoms with Crippen LogP contribution in [-0.2, 0) is 4.79 Å². The molecular weight excluding hydrogens is 401 g/mol. The van der Waals surface area contributed by atoms with Crippen LogP contribution in [0, 0.1) is 12.8 Å². The second kappa shape index (κ2) is 10.4. The highest BCUT2D eigenvalue weighted by Gasteiger charge is 2.30. The fourth-order valence-corrected chi connectivity index (χ4v) is 4.77. The van der Waals surface area contributed by atoms with Crippen LogP contribution in [0.1, 0.15) is 49.2 Å². The Morgan fingerprint density at radius 2 is 1.93 bits per heavy atom. The molecule has 0 saturated heterocycles. The van der Waals surface area contributed by atoms with Crippen LogP contribution in [-0.4, -0.2) is 28.9 Å². The molecule has 4 nitrogen and oxygen atoms in total. The Morgan fingerprint density at radius 1 is 1.26 bits per heavy atom. The summed E-state index contributed by atoms with van der Waals surface area (Å²) in [5, 5.41) is 1.01. The first-order valence-corrected chi connectivity index (χ1v) is 9.84. The minimum Gasteiger partial charge on any atom is -0.338 e. The first-order valence-electron chi connectivity index (χ1n) is 9.02. The molecule has 1 aromatic carbocycles. The van der Waals surface area contributed by atoms with Crippen LogP contribution < -0.4 is 5.73 Å². The fourth-order valence-electron chi connectivity index (χ4n) is 3.61. The second-order valence-corrected chi connectivity index (χ2v) is 8.11. The van der Waals surface area contributed by atoms with Crippen LogP contribution in [0.25, 0.3) is 10.6 Å². The van der Waals surface area contributed by atoms with Crippen molar-refractivity contribution >= 4 is 42.1 Å². The lowest BCUT2D eigenvalue weighted by Gasteiger charge is -2.32. The van der Waals surface area contributed by atoms with Gasteiger partial charge in [0.2, 0.25) is 5.91 Å². The summed E-state index contributed by atoms with van der Waals surface area (Å²) in [4.78, 5) is 20.7. The quantitative estimate of drug-likeness (QED) is 0.743. The molecule has 150 valence electrons. The molecule has 2 N–H and O–H groups in total. The molecule has 3 rings (SSSR count). The number of nitrogens with two attached hydrogens (primary N) is 1. The highest BCUT2D eigenvalue weighted by molar-refractivity contribution is 7.15. The number of benzene rings is 1. The maximum absolute atomic E-state index is 12.9. The average Bonchev–Trinajstić information content (AvgIpc) is 3.02. The van der Waals surface area contributed by atoms with Gasteiger partial charge in [-0.3, -0.25) is 4.79 Å². The van der Waals surface area contributed by atoms with Gasteiger partial charge in [-0.1, -0.05) is 36.8 Å². The molecule has 1 heterocycles. The number of rotatable bonds is 4. The van der Waals surface area contributed by atoms with E-state index in [2.05, 4.69) is 19.1 Å². The minimum absolute atomic E-state index is 0. The van der Waals surface area contributed by atoms with Gasteiger partial charge in [-0.05, 0) is 33.1 Å². The molecular formula is C20H29Cl2N3OS. The van der Waals surface area contributed by atoms with E-state index >= 15 is 0 Å². The molecule has 1 aromatic heterocycles. The van der Waals surface area contributed by atoms with Crippen LogP contribution in [0.4, 0.5) is 0 Å². The minimum atomic E-state index is 0. The van der Waals surface area contributed by atoms with Crippen LogP contribution in [0.3, 0.4) is 0 Å². The number of thiazole rings is 1. The van der Waals surface area contributed by atoms with E-state index in [1.165, 1.54) is 0 Å². The summed E-state index contributed by atoms with van der Waals surface area (Å²) in [6, 6.07) is 10.4. The number of hydrogen-bond donors (Lipinski definition) is 1. The zero-order valence-electron chi connectivity index (χ0n) is 16.1. The van der Waals surface area contributed by atoms with Gasteiger partial charge >= 0.3 is 0 Å². The SMILES string of the molecule is Cc1nc(-c2ccccc2)sc1C(C)N(C)C(=O)C1CCCC(N)C1.Cl.Cl. The molecule has 1 aliphatic rings. The van der Waals surface area contributed by atoms with E-state index in [0.29, 0.717) is 0 Å². The Bertz CT molecular complexity index is 738. The van der Waals surface area contributed by atoms with Crippen LogP contribution in [0.2, 0.25) is 0 Å². The summed E-state index contributed by atoms with van der Waals surface area (Å²) in [6.07, 6.45) is 3.86. The van der Waals surface area contributed by atoms with E-state index in [1.807, 2.05) is 37.1 Å². The maximum Gasteiger partial charge on any atom is 0.226 e. The number of hydrogen-bond acceptors (Lipinski definition) is 4. The summed E-state index contributed by atoms with van der Waals surface area (Å²) in [6.45, 7) is 4.12. The second-order valence-electron chi connectivity index (χ2n) is 7.08. The van der Waals surface area contributed by atoms with E-state index in [0.717, 1.165) is 46.8 Å². The first-order chi connectivity index (χ1) is 12.0. The van der Waals surface area contributed by atoms with Crippen molar-refractivity contribution in [3.05, 3.63) is 40.9 Å². The zero-order valence-corrected chi connectivity index (χ0v) is 18.5. The van der Waals surface area contributed by atoms with Gasteiger partial charge in [0.1, 0.15) is 5.01 Å². The third-order valence-corrected chi connectivity index (χ3v) is 6.60. The van der Waals surface area contributed by atoms with Crippen molar-refractivity contribution in [2.45, 2.75) is 51.6 Å². The molecule has 27 heavy (non-hydrogen) atoms. The van der Waals surface area contributed by atoms with Gasteiger partial charge in [-0.2, -0.15) is 0 Å². The summed E-state index contributed by atoms with van der Waals surface area (Å²) < 4.78 is 0. The Labute approximate surface area is 178 Å². The molecule has 3 atom stereocenters. The highest BCUT2D eigenvalue weighted by Crippen LogP contribution is 2.35. The van der Waals surface area contributed by atoms with Gasteiger partial charge in [0.05, 0.1) is 16.6 Å². The Hall–Kier alpha value is -1.14. The smallest absolute Gasteiger partial charge is 0.226 e. The molecule has 7 heteroatoms. The number of aryl methyl sites for hydroxylation is 1. The summed E-state index contributed by atoms with van der Waals surface area (Å²) in [5.74, 6) is 0.287. The standard InChI is InChI=1S/C20H27N3OS.2ClH/c1-13-18(25-19(22-13)15-8-5-4-6-9-15)14(2)23(3)20(24)16-10-7-11-17(21)12-16;;/h4-6,8-9,14,16-17H,7,10-12,21H2,1-3H3;2*1H. The molecule has 1 aliphatic carbocycles. The number of nitrogens with zero attached hydrogens (tertiary/aromatic N) is 2. The third-order valence-electron chi connectivity index (χ3n) is 5.23. The van der Waals surface area contributed by atoms with E-state index in [4.69, 9.17) is 10.7 Å². The van der Waals surface area contributed by atoms with E-state index < -0.39 is 0 Å². The Balaban J connectivity index is 0.00000182. The van der Waals surface area contributed by atoms with E-state index in [-0.39, 0.29) is 48.7 Å². The molecule has 0 radical (unpaired) electrons. The monoisotopic (exact) mass is 429 g/mol. The van der Waals surface area contributed by atoms with Gasteiger partial charge in [-0.25, -0.2) is 4.98 Å². The van der Waals surface area contributed by atoms with Gasteiger partial charge in [-0.15, -0.1) is 36.2 Å². The van der Waals surface area contributed by atoms with Crippen molar-refractivity contribution in [3.63, 3.8) is 0 Å². The van der Waals surface area contributed by atoms with Crippen molar-refractivity contribution in [2.75, 3.05) is 7.05 Å². The van der Waals surface area contributed by atoms with Gasteiger partial charge in [0.15, 0.2) is 0 Å². The van der Waals surface area contributed by atoms with Crippen LogP contribution in [0.15, 0.2) is 30.3 Å². The average molecular weight is 430 g/mol. The van der Waals surface area contributed by atoms with Gasteiger partial charge in [0, 0.05) is 24.6 Å². The number of amides is 1. The topological polar surface area (TPSA) is 59.2 Å². The Kier molecular flexibility index (Phi) is 9.22. The van der Waals surface area contributed by atoms with Crippen molar-refractivity contribution < 1.29 is 4.79 Å². The first kappa shape index (κ1) is 23.9. The lowest BCUT2D eigenvalue weighted by atomic mass is 9.85. The van der Waals surface area contributed by atoms with Crippen molar-refractivity contribution in [1.29, 1.82) is 0 Å². The lowest BCUT2D eigenvalue weighted by Crippen LogP contribution is -2.39. The number of carbonyl (C=O) groups excluding carboxylic acids is 1. The molecule has 0 aliphatic heterocycles. The normalized spacial score (nSPS) is 20.1. The maximum atomic E-state index is 12.9. The summed E-state index contributed by atoms with van der Waals surface area (Å²) >= 11 is 1.68. The summed E-state index contributed by atoms with van der Waals surface area (Å²) in [7, 11) is 1.91. The fraction of sp³-hybridized carbons (Fsp3) is 0.500. The number of halogens is 2. The predicted molar refractivity (Wildman–Crippen MR) is 118 cm³/mol. The van der Waals surface area contributed by atoms with Crippen LogP contribution >= 0.6 is 36.2 Å². The third kappa shape index (κ3) is 5.44. The predicted octanol–water partition coefficient (Wildman–Crippen LogP) is 5.00. The zero-order chi connectivity index (χ0) is 18.0. The largest absolute Gasteiger partial charge is 0.338 e. The summed E-state index contributed by atoms with van der Waals surface area (Å²) in [5.41, 5.74) is 8.20. The van der Waals surface area contributed by atoms with Crippen molar-refractivity contribution in [1.82, 2.24) is 9.88 Å². The Morgan fingerprint density at radius 3 is 2.56 bits per heavy atom.